The van der Waals surface area contributed by atoms with Crippen molar-refractivity contribution >= 4 is 0 Å². The first-order valence-corrected chi connectivity index (χ1v) is 5.70. The van der Waals surface area contributed by atoms with Gasteiger partial charge in [-0.3, -0.25) is 0 Å². The van der Waals surface area contributed by atoms with Gasteiger partial charge in [-0.25, -0.2) is 0 Å². The largest absolute Gasteiger partial charge is 0.376 e. The van der Waals surface area contributed by atoms with E-state index in [-0.39, 0.29) is 19.7 Å². The minimum absolute atomic E-state index is 0.159. The maximum atomic E-state index is 5.69. The van der Waals surface area contributed by atoms with Gasteiger partial charge in [0, 0.05) is 0 Å². The summed E-state index contributed by atoms with van der Waals surface area (Å²) >= 11 is 0. The average Bonchev–Trinajstić information content (AvgIpc) is 2.91. The second kappa shape index (κ2) is 5.15. The van der Waals surface area contributed by atoms with Crippen molar-refractivity contribution in [1.29, 1.82) is 0 Å². The molecule has 0 amide bonds. The molecule has 3 aliphatic rings. The van der Waals surface area contributed by atoms with E-state index in [0.717, 1.165) is 0 Å². The van der Waals surface area contributed by atoms with Crippen LogP contribution in [0.4, 0.5) is 0 Å². The van der Waals surface area contributed by atoms with E-state index in [4.69, 9.17) is 33.2 Å². The van der Waals surface area contributed by atoms with Crippen molar-refractivity contribution in [3.05, 3.63) is 0 Å². The van der Waals surface area contributed by atoms with Crippen LogP contribution in [0.25, 0.3) is 0 Å². The fourth-order valence-corrected chi connectivity index (χ4v) is 2.17. The SMILES string of the molecule is C1COC(C2(C3OCOCO3)OCCO2)CO1. The monoisotopic (exact) mass is 248 g/mol. The Morgan fingerprint density at radius 2 is 1.53 bits per heavy atom. The Labute approximate surface area is 98.8 Å². The Kier molecular flexibility index (Phi) is 3.57. The third kappa shape index (κ3) is 2.19. The molecular weight excluding hydrogens is 232 g/mol. The molecule has 0 aliphatic carbocycles. The maximum Gasteiger partial charge on any atom is 0.250 e. The lowest BCUT2D eigenvalue weighted by Gasteiger charge is -2.42. The van der Waals surface area contributed by atoms with Gasteiger partial charge in [0.25, 0.3) is 0 Å². The first kappa shape index (κ1) is 11.8. The maximum absolute atomic E-state index is 5.69. The van der Waals surface area contributed by atoms with Gasteiger partial charge in [-0.05, 0) is 0 Å². The lowest BCUT2D eigenvalue weighted by Crippen LogP contribution is -2.60. The third-order valence-corrected chi connectivity index (χ3v) is 2.94. The normalized spacial score (nSPS) is 34.9. The molecule has 0 aromatic carbocycles. The van der Waals surface area contributed by atoms with Crippen LogP contribution in [0.1, 0.15) is 0 Å². The first-order chi connectivity index (χ1) is 8.42. The third-order valence-electron chi connectivity index (χ3n) is 2.94. The Bertz CT molecular complexity index is 221. The number of hydrogen-bond donors (Lipinski definition) is 0. The van der Waals surface area contributed by atoms with E-state index in [2.05, 4.69) is 0 Å². The predicted molar refractivity (Wildman–Crippen MR) is 52.0 cm³/mol. The second-order valence-electron chi connectivity index (χ2n) is 3.96. The zero-order chi connectivity index (χ0) is 11.6. The van der Waals surface area contributed by atoms with Gasteiger partial charge in [0.2, 0.25) is 12.1 Å². The van der Waals surface area contributed by atoms with E-state index in [1.54, 1.807) is 0 Å². The van der Waals surface area contributed by atoms with Crippen molar-refractivity contribution in [1.82, 2.24) is 0 Å². The van der Waals surface area contributed by atoms with Gasteiger partial charge < -0.3 is 33.2 Å². The van der Waals surface area contributed by atoms with E-state index in [0.29, 0.717) is 33.0 Å². The van der Waals surface area contributed by atoms with Crippen LogP contribution < -0.4 is 0 Å². The summed E-state index contributed by atoms with van der Waals surface area (Å²) in [7, 11) is 0. The zero-order valence-electron chi connectivity index (χ0n) is 9.46. The highest BCUT2D eigenvalue weighted by Crippen LogP contribution is 2.34. The summed E-state index contributed by atoms with van der Waals surface area (Å²) in [6.07, 6.45) is -0.993. The molecule has 3 saturated heterocycles. The van der Waals surface area contributed by atoms with Crippen LogP contribution in [0.3, 0.4) is 0 Å². The van der Waals surface area contributed by atoms with Gasteiger partial charge in [-0.2, -0.15) is 0 Å². The zero-order valence-corrected chi connectivity index (χ0v) is 9.46. The lowest BCUT2D eigenvalue weighted by atomic mass is 10.1. The fourth-order valence-electron chi connectivity index (χ4n) is 2.17. The van der Waals surface area contributed by atoms with Crippen LogP contribution in [0, 0.1) is 0 Å². The summed E-state index contributed by atoms with van der Waals surface area (Å²) in [6, 6.07) is 0. The highest BCUT2D eigenvalue weighted by molar-refractivity contribution is 4.89. The van der Waals surface area contributed by atoms with Crippen molar-refractivity contribution in [2.24, 2.45) is 0 Å². The van der Waals surface area contributed by atoms with Crippen LogP contribution in [0.15, 0.2) is 0 Å². The predicted octanol–water partition coefficient (Wildman–Crippen LogP) is -0.551. The molecule has 0 aromatic rings. The van der Waals surface area contributed by atoms with Crippen molar-refractivity contribution in [2.45, 2.75) is 18.2 Å². The Hall–Kier alpha value is -0.280. The van der Waals surface area contributed by atoms with Crippen molar-refractivity contribution < 1.29 is 33.2 Å². The van der Waals surface area contributed by atoms with Crippen LogP contribution in [0.2, 0.25) is 0 Å². The molecule has 3 heterocycles. The molecule has 7 nitrogen and oxygen atoms in total. The summed E-state index contributed by atoms with van der Waals surface area (Å²) in [5, 5.41) is 0. The molecule has 17 heavy (non-hydrogen) atoms. The smallest absolute Gasteiger partial charge is 0.250 e. The van der Waals surface area contributed by atoms with E-state index < -0.39 is 12.1 Å². The molecule has 3 aliphatic heterocycles. The molecule has 98 valence electrons. The summed E-state index contributed by atoms with van der Waals surface area (Å²) in [6.45, 7) is 2.81. The van der Waals surface area contributed by atoms with Gasteiger partial charge in [-0.15, -0.1) is 0 Å². The quantitative estimate of drug-likeness (QED) is 0.649. The van der Waals surface area contributed by atoms with Crippen molar-refractivity contribution in [3.63, 3.8) is 0 Å². The van der Waals surface area contributed by atoms with Gasteiger partial charge in [0.15, 0.2) is 13.6 Å². The molecule has 0 N–H and O–H groups in total. The molecule has 0 radical (unpaired) electrons. The van der Waals surface area contributed by atoms with Gasteiger partial charge in [0.05, 0.1) is 33.0 Å². The van der Waals surface area contributed by atoms with Crippen molar-refractivity contribution in [3.8, 4) is 0 Å². The van der Waals surface area contributed by atoms with Crippen LogP contribution in [-0.2, 0) is 33.2 Å². The minimum atomic E-state index is -1.04. The molecular formula is C10H16O7. The van der Waals surface area contributed by atoms with E-state index in [1.165, 1.54) is 0 Å². The molecule has 0 saturated carbocycles. The van der Waals surface area contributed by atoms with Gasteiger partial charge >= 0.3 is 0 Å². The summed E-state index contributed by atoms with van der Waals surface area (Å²) in [4.78, 5) is 0. The summed E-state index contributed by atoms with van der Waals surface area (Å²) < 4.78 is 38.1. The summed E-state index contributed by atoms with van der Waals surface area (Å²) in [5.41, 5.74) is 0. The summed E-state index contributed by atoms with van der Waals surface area (Å²) in [5.74, 6) is -1.04. The molecule has 3 fully saturated rings. The molecule has 1 unspecified atom stereocenters. The highest BCUT2D eigenvalue weighted by atomic mass is 16.9. The molecule has 1 atom stereocenters. The number of ether oxygens (including phenoxy) is 7. The number of rotatable bonds is 2. The van der Waals surface area contributed by atoms with Gasteiger partial charge in [-0.1, -0.05) is 0 Å². The average molecular weight is 248 g/mol. The molecule has 0 aromatic heterocycles. The van der Waals surface area contributed by atoms with E-state index in [9.17, 15) is 0 Å². The first-order valence-electron chi connectivity index (χ1n) is 5.70. The second-order valence-corrected chi connectivity index (χ2v) is 3.96. The molecule has 0 spiro atoms. The van der Waals surface area contributed by atoms with Crippen LogP contribution >= 0.6 is 0 Å². The Morgan fingerprint density at radius 1 is 0.765 bits per heavy atom. The topological polar surface area (TPSA) is 64.6 Å². The highest BCUT2D eigenvalue weighted by Gasteiger charge is 2.55. The van der Waals surface area contributed by atoms with E-state index >= 15 is 0 Å². The van der Waals surface area contributed by atoms with Crippen LogP contribution in [0.5, 0.6) is 0 Å². The van der Waals surface area contributed by atoms with Gasteiger partial charge in [0.1, 0.15) is 6.10 Å². The molecule has 0 bridgehead atoms. The standard InChI is InChI=1S/C10H16O7/c1-2-13-8(5-11-1)10(16-3-4-17-10)9-14-6-12-7-15-9/h8-9H,1-7H2. The van der Waals surface area contributed by atoms with E-state index in [1.807, 2.05) is 0 Å². The van der Waals surface area contributed by atoms with Crippen molar-refractivity contribution in [2.75, 3.05) is 46.6 Å². The van der Waals surface area contributed by atoms with Crippen LogP contribution in [-0.4, -0.2) is 64.8 Å². The minimum Gasteiger partial charge on any atom is -0.376 e. The number of hydrogen-bond acceptors (Lipinski definition) is 7. The Morgan fingerprint density at radius 3 is 2.18 bits per heavy atom. The molecule has 7 heteroatoms. The fraction of sp³-hybridized carbons (Fsp3) is 1.00. The lowest BCUT2D eigenvalue weighted by molar-refractivity contribution is -0.409. The molecule has 3 rings (SSSR count). The Balaban J connectivity index is 1.75.